The van der Waals surface area contributed by atoms with E-state index in [9.17, 15) is 9.59 Å². The SMILES string of the molecule is Nc1cccc(C(=O)Nc2ccccc2NC(=O)c2cccc(N)c2)c1. The van der Waals surface area contributed by atoms with Gasteiger partial charge in [-0.05, 0) is 48.5 Å². The van der Waals surface area contributed by atoms with Gasteiger partial charge in [0.05, 0.1) is 11.4 Å². The standard InChI is InChI=1S/C20H18N4O2/c21-15-7-3-5-13(11-15)19(25)23-17-9-1-2-10-18(17)24-20(26)14-6-4-8-16(22)12-14/h1-12H,21-22H2,(H,23,25)(H,24,26). The van der Waals surface area contributed by atoms with Crippen LogP contribution >= 0.6 is 0 Å². The lowest BCUT2D eigenvalue weighted by molar-refractivity contribution is 0.101. The van der Waals surface area contributed by atoms with Gasteiger partial charge in [0, 0.05) is 22.5 Å². The minimum absolute atomic E-state index is 0.317. The van der Waals surface area contributed by atoms with E-state index < -0.39 is 0 Å². The van der Waals surface area contributed by atoms with Gasteiger partial charge in [0.25, 0.3) is 11.8 Å². The van der Waals surface area contributed by atoms with Crippen molar-refractivity contribution in [1.29, 1.82) is 0 Å². The first-order valence-electron chi connectivity index (χ1n) is 7.96. The molecule has 0 aliphatic heterocycles. The molecule has 26 heavy (non-hydrogen) atoms. The van der Waals surface area contributed by atoms with E-state index >= 15 is 0 Å². The number of amides is 2. The Morgan fingerprint density at radius 3 is 1.42 bits per heavy atom. The Balaban J connectivity index is 1.80. The van der Waals surface area contributed by atoms with Gasteiger partial charge in [0.1, 0.15) is 0 Å². The molecule has 3 rings (SSSR count). The molecule has 0 aromatic heterocycles. The highest BCUT2D eigenvalue weighted by Gasteiger charge is 2.12. The summed E-state index contributed by atoms with van der Waals surface area (Å²) in [5.41, 5.74) is 14.3. The van der Waals surface area contributed by atoms with Crippen molar-refractivity contribution in [2.24, 2.45) is 0 Å². The quantitative estimate of drug-likeness (QED) is 0.543. The third-order valence-electron chi connectivity index (χ3n) is 3.72. The lowest BCUT2D eigenvalue weighted by atomic mass is 10.1. The first-order valence-corrected chi connectivity index (χ1v) is 7.96. The van der Waals surface area contributed by atoms with Crippen molar-refractivity contribution in [3.05, 3.63) is 83.9 Å². The number of carbonyl (C=O) groups excluding carboxylic acids is 2. The highest BCUT2D eigenvalue weighted by Crippen LogP contribution is 2.23. The topological polar surface area (TPSA) is 110 Å². The lowest BCUT2D eigenvalue weighted by Crippen LogP contribution is -2.17. The summed E-state index contributed by atoms with van der Waals surface area (Å²) in [7, 11) is 0. The predicted molar refractivity (Wildman–Crippen MR) is 104 cm³/mol. The van der Waals surface area contributed by atoms with Crippen molar-refractivity contribution in [3.8, 4) is 0 Å². The van der Waals surface area contributed by atoms with Gasteiger partial charge in [-0.1, -0.05) is 24.3 Å². The average Bonchev–Trinajstić information content (AvgIpc) is 2.63. The summed E-state index contributed by atoms with van der Waals surface area (Å²) in [6, 6.07) is 20.3. The molecule has 0 fully saturated rings. The summed E-state index contributed by atoms with van der Waals surface area (Å²) in [4.78, 5) is 24.8. The minimum atomic E-state index is -0.317. The van der Waals surface area contributed by atoms with Crippen molar-refractivity contribution < 1.29 is 9.59 Å². The van der Waals surface area contributed by atoms with Gasteiger partial charge in [-0.15, -0.1) is 0 Å². The molecule has 2 amide bonds. The van der Waals surface area contributed by atoms with Crippen molar-refractivity contribution >= 4 is 34.6 Å². The first-order chi connectivity index (χ1) is 12.5. The number of hydrogen-bond acceptors (Lipinski definition) is 4. The number of nitrogens with one attached hydrogen (secondary N) is 2. The van der Waals surface area contributed by atoms with Crippen LogP contribution in [0.4, 0.5) is 22.7 Å². The Morgan fingerprint density at radius 2 is 1.04 bits per heavy atom. The van der Waals surface area contributed by atoms with E-state index in [1.54, 1.807) is 72.8 Å². The Morgan fingerprint density at radius 1 is 0.615 bits per heavy atom. The minimum Gasteiger partial charge on any atom is -0.399 e. The largest absolute Gasteiger partial charge is 0.399 e. The zero-order valence-electron chi connectivity index (χ0n) is 13.9. The maximum atomic E-state index is 12.4. The first kappa shape index (κ1) is 17.0. The van der Waals surface area contributed by atoms with Crippen molar-refractivity contribution in [2.45, 2.75) is 0 Å². The van der Waals surface area contributed by atoms with Crippen LogP contribution in [-0.4, -0.2) is 11.8 Å². The zero-order chi connectivity index (χ0) is 18.5. The highest BCUT2D eigenvalue weighted by molar-refractivity contribution is 6.10. The Bertz CT molecular complexity index is 891. The zero-order valence-corrected chi connectivity index (χ0v) is 13.9. The Kier molecular flexibility index (Phi) is 4.85. The molecule has 0 aliphatic carbocycles. The van der Waals surface area contributed by atoms with Crippen molar-refractivity contribution in [2.75, 3.05) is 22.1 Å². The van der Waals surface area contributed by atoms with Gasteiger partial charge >= 0.3 is 0 Å². The fourth-order valence-electron chi connectivity index (χ4n) is 2.45. The number of para-hydroxylation sites is 2. The molecule has 3 aromatic rings. The van der Waals surface area contributed by atoms with E-state index in [4.69, 9.17) is 11.5 Å². The van der Waals surface area contributed by atoms with Gasteiger partial charge in [-0.3, -0.25) is 9.59 Å². The van der Waals surface area contributed by atoms with Crippen LogP contribution < -0.4 is 22.1 Å². The molecule has 0 spiro atoms. The number of nitrogen functional groups attached to an aromatic ring is 2. The third-order valence-corrected chi connectivity index (χ3v) is 3.72. The smallest absolute Gasteiger partial charge is 0.255 e. The van der Waals surface area contributed by atoms with Crippen LogP contribution in [0.1, 0.15) is 20.7 Å². The second kappa shape index (κ2) is 7.40. The number of hydrogen-bond donors (Lipinski definition) is 4. The van der Waals surface area contributed by atoms with Gasteiger partial charge in [-0.2, -0.15) is 0 Å². The summed E-state index contributed by atoms with van der Waals surface area (Å²) in [6.07, 6.45) is 0. The molecule has 0 unspecified atom stereocenters. The molecular formula is C20H18N4O2. The molecule has 6 N–H and O–H groups in total. The number of benzene rings is 3. The molecule has 0 heterocycles. The highest BCUT2D eigenvalue weighted by atomic mass is 16.2. The Hall–Kier alpha value is -3.80. The molecule has 0 saturated heterocycles. The van der Waals surface area contributed by atoms with Crippen LogP contribution in [0.2, 0.25) is 0 Å². The fourth-order valence-corrected chi connectivity index (χ4v) is 2.45. The van der Waals surface area contributed by atoms with Crippen LogP contribution in [0.5, 0.6) is 0 Å². The van der Waals surface area contributed by atoms with Crippen LogP contribution in [0.3, 0.4) is 0 Å². The fraction of sp³-hybridized carbons (Fsp3) is 0. The molecule has 6 heteroatoms. The summed E-state index contributed by atoms with van der Waals surface area (Å²) >= 11 is 0. The second-order valence-electron chi connectivity index (χ2n) is 5.70. The van der Waals surface area contributed by atoms with E-state index in [1.165, 1.54) is 0 Å². The average molecular weight is 346 g/mol. The predicted octanol–water partition coefficient (Wildman–Crippen LogP) is 3.36. The van der Waals surface area contributed by atoms with Crippen LogP contribution in [0.15, 0.2) is 72.8 Å². The second-order valence-corrected chi connectivity index (χ2v) is 5.70. The lowest BCUT2D eigenvalue weighted by Gasteiger charge is -2.13. The van der Waals surface area contributed by atoms with Crippen molar-refractivity contribution in [1.82, 2.24) is 0 Å². The van der Waals surface area contributed by atoms with Gasteiger partial charge < -0.3 is 22.1 Å². The summed E-state index contributed by atoms with van der Waals surface area (Å²) in [5.74, 6) is -0.633. The summed E-state index contributed by atoms with van der Waals surface area (Å²) in [5, 5.41) is 5.58. The summed E-state index contributed by atoms with van der Waals surface area (Å²) < 4.78 is 0. The molecule has 0 bridgehead atoms. The Labute approximate surface area is 150 Å². The monoisotopic (exact) mass is 346 g/mol. The molecule has 0 radical (unpaired) electrons. The molecule has 0 atom stereocenters. The van der Waals surface area contributed by atoms with E-state index in [0.29, 0.717) is 33.9 Å². The number of rotatable bonds is 4. The van der Waals surface area contributed by atoms with Gasteiger partial charge in [0.15, 0.2) is 0 Å². The number of carbonyl (C=O) groups is 2. The van der Waals surface area contributed by atoms with Crippen LogP contribution in [-0.2, 0) is 0 Å². The molecule has 130 valence electrons. The molecule has 6 nitrogen and oxygen atoms in total. The van der Waals surface area contributed by atoms with Gasteiger partial charge in [0.2, 0.25) is 0 Å². The van der Waals surface area contributed by atoms with E-state index in [-0.39, 0.29) is 11.8 Å². The molecule has 0 saturated carbocycles. The van der Waals surface area contributed by atoms with Gasteiger partial charge in [-0.25, -0.2) is 0 Å². The van der Waals surface area contributed by atoms with E-state index in [1.807, 2.05) is 0 Å². The van der Waals surface area contributed by atoms with Crippen LogP contribution in [0, 0.1) is 0 Å². The normalized spacial score (nSPS) is 10.2. The molecule has 0 aliphatic rings. The molecular weight excluding hydrogens is 328 g/mol. The van der Waals surface area contributed by atoms with Crippen molar-refractivity contribution in [3.63, 3.8) is 0 Å². The molecule has 3 aromatic carbocycles. The third kappa shape index (κ3) is 3.99. The van der Waals surface area contributed by atoms with E-state index in [0.717, 1.165) is 0 Å². The number of nitrogens with two attached hydrogens (primary N) is 2. The maximum absolute atomic E-state index is 12.4. The van der Waals surface area contributed by atoms with Crippen LogP contribution in [0.25, 0.3) is 0 Å². The number of anilines is 4. The summed E-state index contributed by atoms with van der Waals surface area (Å²) in [6.45, 7) is 0. The maximum Gasteiger partial charge on any atom is 0.255 e. The van der Waals surface area contributed by atoms with E-state index in [2.05, 4.69) is 10.6 Å².